The number of thiazole rings is 1. The molecule has 3 aromatic rings. The van der Waals surface area contributed by atoms with Gasteiger partial charge in [-0.15, -0.1) is 11.3 Å². The van der Waals surface area contributed by atoms with Gasteiger partial charge in [0.05, 0.1) is 12.1 Å². The number of benzene rings is 1. The molecule has 0 bridgehead atoms. The predicted octanol–water partition coefficient (Wildman–Crippen LogP) is 2.90. The molecule has 0 saturated carbocycles. The van der Waals surface area contributed by atoms with Crippen molar-refractivity contribution >= 4 is 28.5 Å². The van der Waals surface area contributed by atoms with E-state index in [9.17, 15) is 0 Å². The Morgan fingerprint density at radius 2 is 2.25 bits per heavy atom. The third kappa shape index (κ3) is 1.77. The number of nitrogens with one attached hydrogen (secondary N) is 1. The number of rotatable bonds is 3. The summed E-state index contributed by atoms with van der Waals surface area (Å²) in [6, 6.07) is 8.25. The van der Waals surface area contributed by atoms with Gasteiger partial charge in [-0.2, -0.15) is 4.98 Å². The topological polar surface area (TPSA) is 51.0 Å². The number of anilines is 1. The second kappa shape index (κ2) is 3.94. The largest absolute Gasteiger partial charge is 0.424 e. The van der Waals surface area contributed by atoms with Gasteiger partial charge < -0.3 is 9.73 Å². The molecule has 3 rings (SSSR count). The minimum Gasteiger partial charge on any atom is -0.424 e. The molecular formula is C11H9N3OS. The zero-order valence-electron chi connectivity index (χ0n) is 8.38. The molecule has 2 heterocycles. The average Bonchev–Trinajstić information content (AvgIpc) is 2.95. The molecule has 0 aliphatic rings. The predicted molar refractivity (Wildman–Crippen MR) is 63.4 cm³/mol. The fraction of sp³-hybridized carbons (Fsp3) is 0.0909. The molecular weight excluding hydrogens is 222 g/mol. The molecule has 0 saturated heterocycles. The van der Waals surface area contributed by atoms with E-state index in [-0.39, 0.29) is 0 Å². The van der Waals surface area contributed by atoms with Gasteiger partial charge in [-0.05, 0) is 12.1 Å². The Morgan fingerprint density at radius 1 is 1.31 bits per heavy atom. The Kier molecular flexibility index (Phi) is 2.30. The van der Waals surface area contributed by atoms with E-state index < -0.39 is 0 Å². The van der Waals surface area contributed by atoms with E-state index in [0.29, 0.717) is 12.6 Å². The molecule has 0 spiro atoms. The van der Waals surface area contributed by atoms with Crippen LogP contribution in [0.2, 0.25) is 0 Å². The number of aromatic nitrogens is 2. The first-order valence-corrected chi connectivity index (χ1v) is 5.76. The summed E-state index contributed by atoms with van der Waals surface area (Å²) in [5, 5.41) is 3.13. The summed E-state index contributed by atoms with van der Waals surface area (Å²) < 4.78 is 5.53. The Hall–Kier alpha value is -1.88. The van der Waals surface area contributed by atoms with Gasteiger partial charge >= 0.3 is 0 Å². The fourth-order valence-electron chi connectivity index (χ4n) is 1.44. The van der Waals surface area contributed by atoms with Gasteiger partial charge in [0.2, 0.25) is 0 Å². The average molecular weight is 231 g/mol. The van der Waals surface area contributed by atoms with Crippen LogP contribution in [-0.4, -0.2) is 9.97 Å². The smallest absolute Gasteiger partial charge is 0.295 e. The molecule has 5 heteroatoms. The minimum atomic E-state index is 0.551. The quantitative estimate of drug-likeness (QED) is 0.753. The molecule has 0 unspecified atom stereocenters. The van der Waals surface area contributed by atoms with Crippen LogP contribution in [0, 0.1) is 0 Å². The van der Waals surface area contributed by atoms with Gasteiger partial charge in [-0.3, -0.25) is 4.98 Å². The van der Waals surface area contributed by atoms with Crippen LogP contribution in [0.15, 0.2) is 40.4 Å². The highest BCUT2D eigenvalue weighted by Gasteiger charge is 2.04. The highest BCUT2D eigenvalue weighted by molar-refractivity contribution is 7.09. The summed E-state index contributed by atoms with van der Waals surface area (Å²) in [6.07, 6.45) is 1.83. The standard InChI is InChI=1S/C11H9N3OS/c1-2-4-10-9(3-1)14-11(15-10)13-6-8-5-12-7-16-8/h1-5,7H,6H2,(H,13,14). The minimum absolute atomic E-state index is 0.551. The normalized spacial score (nSPS) is 10.8. The van der Waals surface area contributed by atoms with Crippen LogP contribution in [0.1, 0.15) is 4.88 Å². The molecule has 0 atom stereocenters. The van der Waals surface area contributed by atoms with Crippen LogP contribution < -0.4 is 5.32 Å². The SMILES string of the molecule is c1ccc2oc(NCc3cncs3)nc2c1. The molecule has 1 aromatic carbocycles. The van der Waals surface area contributed by atoms with E-state index in [4.69, 9.17) is 4.42 Å². The van der Waals surface area contributed by atoms with Crippen molar-refractivity contribution in [1.82, 2.24) is 9.97 Å². The monoisotopic (exact) mass is 231 g/mol. The lowest BCUT2D eigenvalue weighted by atomic mass is 10.3. The fourth-order valence-corrected chi connectivity index (χ4v) is 1.97. The zero-order valence-corrected chi connectivity index (χ0v) is 9.20. The van der Waals surface area contributed by atoms with Crippen LogP contribution in [0.3, 0.4) is 0 Å². The van der Waals surface area contributed by atoms with E-state index in [1.165, 1.54) is 0 Å². The van der Waals surface area contributed by atoms with E-state index in [2.05, 4.69) is 15.3 Å². The maximum Gasteiger partial charge on any atom is 0.295 e. The van der Waals surface area contributed by atoms with Gasteiger partial charge in [0.15, 0.2) is 5.58 Å². The number of para-hydroxylation sites is 2. The van der Waals surface area contributed by atoms with Gasteiger partial charge in [0.25, 0.3) is 6.01 Å². The molecule has 0 aliphatic heterocycles. The van der Waals surface area contributed by atoms with Crippen molar-refractivity contribution in [2.45, 2.75) is 6.54 Å². The Balaban J connectivity index is 1.79. The second-order valence-electron chi connectivity index (χ2n) is 3.31. The van der Waals surface area contributed by atoms with E-state index in [0.717, 1.165) is 16.0 Å². The van der Waals surface area contributed by atoms with Crippen molar-refractivity contribution in [3.8, 4) is 0 Å². The Labute approximate surface area is 96.0 Å². The van der Waals surface area contributed by atoms with Gasteiger partial charge in [0, 0.05) is 11.1 Å². The van der Waals surface area contributed by atoms with Crippen LogP contribution in [0.4, 0.5) is 6.01 Å². The maximum atomic E-state index is 5.53. The Bertz CT molecular complexity index is 555. The molecule has 0 fully saturated rings. The first-order valence-electron chi connectivity index (χ1n) is 4.88. The van der Waals surface area contributed by atoms with Crippen molar-refractivity contribution < 1.29 is 4.42 Å². The molecule has 16 heavy (non-hydrogen) atoms. The van der Waals surface area contributed by atoms with E-state index >= 15 is 0 Å². The molecule has 2 aromatic heterocycles. The first kappa shape index (κ1) is 9.35. The van der Waals surface area contributed by atoms with Crippen molar-refractivity contribution in [2.24, 2.45) is 0 Å². The van der Waals surface area contributed by atoms with Crippen molar-refractivity contribution in [1.29, 1.82) is 0 Å². The van der Waals surface area contributed by atoms with Gasteiger partial charge in [0.1, 0.15) is 5.52 Å². The Morgan fingerprint density at radius 3 is 3.06 bits per heavy atom. The molecule has 4 nitrogen and oxygen atoms in total. The van der Waals surface area contributed by atoms with Crippen LogP contribution in [-0.2, 0) is 6.54 Å². The summed E-state index contributed by atoms with van der Waals surface area (Å²) in [5.74, 6) is 0. The molecule has 80 valence electrons. The van der Waals surface area contributed by atoms with Gasteiger partial charge in [-0.25, -0.2) is 0 Å². The van der Waals surface area contributed by atoms with Crippen LogP contribution >= 0.6 is 11.3 Å². The van der Waals surface area contributed by atoms with Crippen molar-refractivity contribution in [3.63, 3.8) is 0 Å². The lowest BCUT2D eigenvalue weighted by molar-refractivity contribution is 0.615. The number of fused-ring (bicyclic) bond motifs is 1. The summed E-state index contributed by atoms with van der Waals surface area (Å²) >= 11 is 1.61. The molecule has 1 N–H and O–H groups in total. The number of hydrogen-bond donors (Lipinski definition) is 1. The number of oxazole rings is 1. The number of nitrogens with zero attached hydrogens (tertiary/aromatic N) is 2. The zero-order chi connectivity index (χ0) is 10.8. The van der Waals surface area contributed by atoms with Crippen LogP contribution in [0.5, 0.6) is 0 Å². The summed E-state index contributed by atoms with van der Waals surface area (Å²) in [4.78, 5) is 9.48. The lowest BCUT2D eigenvalue weighted by Crippen LogP contribution is -1.96. The lowest BCUT2D eigenvalue weighted by Gasteiger charge is -1.96. The summed E-state index contributed by atoms with van der Waals surface area (Å²) in [5.41, 5.74) is 3.48. The summed E-state index contributed by atoms with van der Waals surface area (Å²) in [7, 11) is 0. The van der Waals surface area contributed by atoms with E-state index in [1.807, 2.05) is 36.0 Å². The molecule has 0 aliphatic carbocycles. The van der Waals surface area contributed by atoms with Crippen molar-refractivity contribution in [2.75, 3.05) is 5.32 Å². The van der Waals surface area contributed by atoms with E-state index in [1.54, 1.807) is 11.3 Å². The summed E-state index contributed by atoms with van der Waals surface area (Å²) in [6.45, 7) is 0.692. The first-order chi connectivity index (χ1) is 7.92. The molecule has 0 amide bonds. The highest BCUT2D eigenvalue weighted by atomic mass is 32.1. The van der Waals surface area contributed by atoms with Crippen molar-refractivity contribution in [3.05, 3.63) is 40.8 Å². The third-order valence-electron chi connectivity index (χ3n) is 2.19. The number of hydrogen-bond acceptors (Lipinski definition) is 5. The maximum absolute atomic E-state index is 5.53. The van der Waals surface area contributed by atoms with Crippen LogP contribution in [0.25, 0.3) is 11.1 Å². The second-order valence-corrected chi connectivity index (χ2v) is 4.28. The third-order valence-corrected chi connectivity index (χ3v) is 2.97. The highest BCUT2D eigenvalue weighted by Crippen LogP contribution is 2.18. The molecule has 0 radical (unpaired) electrons. The van der Waals surface area contributed by atoms with Gasteiger partial charge in [-0.1, -0.05) is 12.1 Å².